The Morgan fingerprint density at radius 2 is 2.15 bits per heavy atom. The molecule has 1 atom stereocenters. The second kappa shape index (κ2) is 10.4. The fraction of sp³-hybridized carbons (Fsp3) is 0.500. The van der Waals surface area contributed by atoms with E-state index in [1.807, 2.05) is 0 Å². The van der Waals surface area contributed by atoms with Gasteiger partial charge in [0.1, 0.15) is 5.82 Å². The third-order valence-electron chi connectivity index (χ3n) is 2.83. The largest absolute Gasteiger partial charge is 0.389 e. The molecule has 20 heavy (non-hydrogen) atoms. The fourth-order valence-electron chi connectivity index (χ4n) is 1.73. The van der Waals surface area contributed by atoms with Gasteiger partial charge in [0.15, 0.2) is 0 Å². The normalized spacial score (nSPS) is 12.1. The number of unbranched alkanes of at least 4 members (excludes halogenated alkanes) is 2. The summed E-state index contributed by atoms with van der Waals surface area (Å²) in [6.45, 7) is 1.65. The molecule has 4 heteroatoms. The minimum atomic E-state index is -0.589. The number of hydrogen-bond donors (Lipinski definition) is 2. The molecule has 1 aromatic rings. The summed E-state index contributed by atoms with van der Waals surface area (Å²) >= 11 is 0. The van der Waals surface area contributed by atoms with Crippen molar-refractivity contribution in [2.75, 3.05) is 19.7 Å². The monoisotopic (exact) mass is 279 g/mol. The maximum absolute atomic E-state index is 13.3. The van der Waals surface area contributed by atoms with Crippen molar-refractivity contribution in [3.05, 3.63) is 35.6 Å². The molecule has 0 spiro atoms. The third kappa shape index (κ3) is 7.25. The topological polar surface area (TPSA) is 41.5 Å². The Balaban J connectivity index is 2.04. The quantitative estimate of drug-likeness (QED) is 0.509. The van der Waals surface area contributed by atoms with Gasteiger partial charge in [-0.3, -0.25) is 0 Å². The van der Waals surface area contributed by atoms with Crippen molar-refractivity contribution in [3.8, 4) is 12.3 Å². The predicted molar refractivity (Wildman–Crippen MR) is 77.6 cm³/mol. The van der Waals surface area contributed by atoms with E-state index in [4.69, 9.17) is 11.2 Å². The minimum Gasteiger partial charge on any atom is -0.389 e. The van der Waals surface area contributed by atoms with Gasteiger partial charge in [0.05, 0.1) is 19.3 Å². The molecule has 0 aromatic heterocycles. The first kappa shape index (κ1) is 16.6. The van der Waals surface area contributed by atoms with Crippen LogP contribution in [0.4, 0.5) is 4.39 Å². The first-order valence-corrected chi connectivity index (χ1v) is 6.87. The number of aliphatic hydroxyl groups excluding tert-OH is 1. The summed E-state index contributed by atoms with van der Waals surface area (Å²) in [6.07, 6.45) is 7.33. The van der Waals surface area contributed by atoms with Gasteiger partial charge in [-0.15, -0.1) is 12.3 Å². The summed E-state index contributed by atoms with van der Waals surface area (Å²) < 4.78 is 18.6. The van der Waals surface area contributed by atoms with Crippen molar-refractivity contribution in [2.45, 2.75) is 32.0 Å². The summed E-state index contributed by atoms with van der Waals surface area (Å²) in [7, 11) is 0. The zero-order chi connectivity index (χ0) is 14.6. The lowest BCUT2D eigenvalue weighted by atomic mass is 10.2. The molecule has 0 saturated heterocycles. The van der Waals surface area contributed by atoms with Crippen molar-refractivity contribution in [3.63, 3.8) is 0 Å². The Morgan fingerprint density at radius 1 is 1.35 bits per heavy atom. The number of aliphatic hydroxyl groups is 1. The number of terminal acetylenes is 1. The predicted octanol–water partition coefficient (Wildman–Crippen LogP) is 2.10. The molecule has 0 radical (unpaired) electrons. The summed E-state index contributed by atoms with van der Waals surface area (Å²) in [5.41, 5.74) is 0.502. The van der Waals surface area contributed by atoms with E-state index in [-0.39, 0.29) is 19.0 Å². The Kier molecular flexibility index (Phi) is 8.64. The first-order valence-electron chi connectivity index (χ1n) is 6.87. The van der Waals surface area contributed by atoms with Crippen LogP contribution in [0.2, 0.25) is 0 Å². The Hall–Kier alpha value is -1.41. The van der Waals surface area contributed by atoms with Crippen LogP contribution in [0.3, 0.4) is 0 Å². The molecular formula is C16H22FNO2. The summed E-state index contributed by atoms with van der Waals surface area (Å²) in [4.78, 5) is 0. The van der Waals surface area contributed by atoms with Gasteiger partial charge in [-0.25, -0.2) is 4.39 Å². The van der Waals surface area contributed by atoms with E-state index in [1.165, 1.54) is 6.07 Å². The molecule has 1 unspecified atom stereocenters. The molecule has 0 aliphatic carbocycles. The lowest BCUT2D eigenvalue weighted by molar-refractivity contribution is 0.0279. The molecule has 3 nitrogen and oxygen atoms in total. The van der Waals surface area contributed by atoms with E-state index in [9.17, 15) is 9.50 Å². The molecule has 2 N–H and O–H groups in total. The van der Waals surface area contributed by atoms with Crippen LogP contribution in [0.15, 0.2) is 24.3 Å². The van der Waals surface area contributed by atoms with E-state index >= 15 is 0 Å². The van der Waals surface area contributed by atoms with Gasteiger partial charge in [-0.05, 0) is 25.5 Å². The standard InChI is InChI=1S/C16H22FNO2/c1-2-3-4-7-10-18-11-15(19)13-20-12-14-8-5-6-9-16(14)17/h1,5-6,8-9,15,18-19H,3-4,7,10-13H2. The highest BCUT2D eigenvalue weighted by Crippen LogP contribution is 2.07. The molecule has 0 heterocycles. The van der Waals surface area contributed by atoms with E-state index in [0.717, 1.165) is 25.8 Å². The number of hydrogen-bond acceptors (Lipinski definition) is 3. The lowest BCUT2D eigenvalue weighted by Crippen LogP contribution is -2.31. The molecule has 110 valence electrons. The maximum atomic E-state index is 13.3. The minimum absolute atomic E-state index is 0.173. The summed E-state index contributed by atoms with van der Waals surface area (Å²) in [5, 5.41) is 12.8. The van der Waals surface area contributed by atoms with Crippen molar-refractivity contribution in [1.29, 1.82) is 0 Å². The van der Waals surface area contributed by atoms with Crippen LogP contribution in [0.1, 0.15) is 24.8 Å². The van der Waals surface area contributed by atoms with Gasteiger partial charge in [-0.2, -0.15) is 0 Å². The van der Waals surface area contributed by atoms with Crippen molar-refractivity contribution in [1.82, 2.24) is 5.32 Å². The SMILES string of the molecule is C#CCCCCNCC(O)COCc1ccccc1F. The van der Waals surface area contributed by atoms with E-state index in [0.29, 0.717) is 12.1 Å². The van der Waals surface area contributed by atoms with Crippen LogP contribution in [0.5, 0.6) is 0 Å². The fourth-order valence-corrected chi connectivity index (χ4v) is 1.73. The zero-order valence-electron chi connectivity index (χ0n) is 11.6. The molecule has 0 aliphatic rings. The van der Waals surface area contributed by atoms with Gasteiger partial charge in [0.2, 0.25) is 0 Å². The average molecular weight is 279 g/mol. The van der Waals surface area contributed by atoms with E-state index in [1.54, 1.807) is 18.2 Å². The van der Waals surface area contributed by atoms with Crippen LogP contribution in [-0.4, -0.2) is 30.9 Å². The Morgan fingerprint density at radius 3 is 2.90 bits per heavy atom. The Bertz CT molecular complexity index is 417. The van der Waals surface area contributed by atoms with Gasteiger partial charge >= 0.3 is 0 Å². The molecule has 0 aliphatic heterocycles. The number of halogens is 1. The number of benzene rings is 1. The van der Waals surface area contributed by atoms with Gasteiger partial charge in [0.25, 0.3) is 0 Å². The molecular weight excluding hydrogens is 257 g/mol. The highest BCUT2D eigenvalue weighted by atomic mass is 19.1. The van der Waals surface area contributed by atoms with Gasteiger partial charge in [0, 0.05) is 18.5 Å². The van der Waals surface area contributed by atoms with Gasteiger partial charge < -0.3 is 15.2 Å². The molecule has 1 aromatic carbocycles. The lowest BCUT2D eigenvalue weighted by Gasteiger charge is -2.12. The molecule has 0 bridgehead atoms. The number of rotatable bonds is 10. The summed E-state index contributed by atoms with van der Waals surface area (Å²) in [5.74, 6) is 2.30. The Labute approximate surface area is 120 Å². The van der Waals surface area contributed by atoms with E-state index in [2.05, 4.69) is 11.2 Å². The van der Waals surface area contributed by atoms with Crippen molar-refractivity contribution < 1.29 is 14.2 Å². The highest BCUT2D eigenvalue weighted by molar-refractivity contribution is 5.16. The van der Waals surface area contributed by atoms with Crippen molar-refractivity contribution in [2.24, 2.45) is 0 Å². The second-order valence-electron chi connectivity index (χ2n) is 4.63. The smallest absolute Gasteiger partial charge is 0.128 e. The second-order valence-corrected chi connectivity index (χ2v) is 4.63. The summed E-state index contributed by atoms with van der Waals surface area (Å²) in [6, 6.07) is 6.46. The molecule has 0 saturated carbocycles. The third-order valence-corrected chi connectivity index (χ3v) is 2.83. The van der Waals surface area contributed by atoms with Crippen LogP contribution >= 0.6 is 0 Å². The number of nitrogens with one attached hydrogen (secondary N) is 1. The van der Waals surface area contributed by atoms with Gasteiger partial charge in [-0.1, -0.05) is 18.2 Å². The van der Waals surface area contributed by atoms with Crippen LogP contribution in [0.25, 0.3) is 0 Å². The highest BCUT2D eigenvalue weighted by Gasteiger charge is 2.05. The molecule has 1 rings (SSSR count). The average Bonchev–Trinajstić information content (AvgIpc) is 2.45. The van der Waals surface area contributed by atoms with Crippen LogP contribution in [0, 0.1) is 18.2 Å². The molecule has 0 fully saturated rings. The van der Waals surface area contributed by atoms with Crippen molar-refractivity contribution >= 4 is 0 Å². The van der Waals surface area contributed by atoms with E-state index < -0.39 is 6.10 Å². The molecule has 0 amide bonds. The number of ether oxygens (including phenoxy) is 1. The maximum Gasteiger partial charge on any atom is 0.128 e. The van der Waals surface area contributed by atoms with Crippen LogP contribution in [-0.2, 0) is 11.3 Å². The van der Waals surface area contributed by atoms with Crippen LogP contribution < -0.4 is 5.32 Å². The first-order chi connectivity index (χ1) is 9.74. The zero-order valence-corrected chi connectivity index (χ0v) is 11.6.